The van der Waals surface area contributed by atoms with E-state index in [0.717, 1.165) is 33.5 Å². The zero-order valence-electron chi connectivity index (χ0n) is 9.05. The van der Waals surface area contributed by atoms with E-state index in [1.165, 1.54) is 0 Å². The van der Waals surface area contributed by atoms with Gasteiger partial charge in [-0.3, -0.25) is 0 Å². The van der Waals surface area contributed by atoms with Gasteiger partial charge in [0.05, 0.1) is 0 Å². The van der Waals surface area contributed by atoms with Gasteiger partial charge in [-0.05, 0) is 18.1 Å². The van der Waals surface area contributed by atoms with Crippen LogP contribution in [0.2, 0.25) is 0 Å². The first-order valence-corrected chi connectivity index (χ1v) is 6.04. The first-order valence-electron chi connectivity index (χ1n) is 5.24. The van der Waals surface area contributed by atoms with Crippen LogP contribution in [0, 0.1) is 0 Å². The molecule has 0 saturated carbocycles. The van der Waals surface area contributed by atoms with Crippen molar-refractivity contribution in [1.82, 2.24) is 5.48 Å². The summed E-state index contributed by atoms with van der Waals surface area (Å²) >= 11 is 3.48. The zero-order chi connectivity index (χ0) is 11.5. The molecule has 2 N–H and O–H groups in total. The Morgan fingerprint density at radius 2 is 2.12 bits per heavy atom. The lowest BCUT2D eigenvalue weighted by molar-refractivity contribution is 0.158. The molecule has 0 amide bonds. The molecule has 0 fully saturated rings. The Labute approximate surface area is 103 Å². The van der Waals surface area contributed by atoms with E-state index in [0.29, 0.717) is 19.8 Å². The summed E-state index contributed by atoms with van der Waals surface area (Å²) < 4.78 is 12.1. The van der Waals surface area contributed by atoms with E-state index < -0.39 is 0 Å². The number of rotatable bonds is 3. The average Bonchev–Trinajstić information content (AvgIpc) is 2.30. The molecule has 5 heteroatoms. The van der Waals surface area contributed by atoms with Crippen molar-refractivity contribution >= 4 is 15.9 Å². The molecule has 0 atom stereocenters. The number of hydrogen-bond acceptors (Lipinski definition) is 4. The van der Waals surface area contributed by atoms with Crippen LogP contribution in [0.25, 0.3) is 0 Å². The molecule has 1 aromatic rings. The van der Waals surface area contributed by atoms with Gasteiger partial charge in [-0.2, -0.15) is 0 Å². The summed E-state index contributed by atoms with van der Waals surface area (Å²) in [6.45, 7) is 3.61. The Balaban J connectivity index is 2.52. The maximum atomic E-state index is 8.83. The van der Waals surface area contributed by atoms with Crippen molar-refractivity contribution in [3.63, 3.8) is 0 Å². The molecule has 0 aliphatic carbocycles. The minimum absolute atomic E-state index is 0.389. The van der Waals surface area contributed by atoms with Crippen molar-refractivity contribution in [3.05, 3.63) is 21.7 Å². The third kappa shape index (κ3) is 2.03. The molecule has 0 radical (unpaired) electrons. The monoisotopic (exact) mass is 287 g/mol. The largest absolute Gasteiger partial charge is 0.486 e. The first-order chi connectivity index (χ1) is 7.77. The molecule has 0 spiro atoms. The lowest BCUT2D eigenvalue weighted by Gasteiger charge is -2.23. The minimum atomic E-state index is 0.389. The van der Waals surface area contributed by atoms with E-state index in [2.05, 4.69) is 28.3 Å². The molecule has 16 heavy (non-hydrogen) atoms. The lowest BCUT2D eigenvalue weighted by Crippen LogP contribution is -2.18. The van der Waals surface area contributed by atoms with Gasteiger partial charge in [0.15, 0.2) is 11.5 Å². The van der Waals surface area contributed by atoms with Crippen LogP contribution in [0.3, 0.4) is 0 Å². The molecule has 88 valence electrons. The van der Waals surface area contributed by atoms with Gasteiger partial charge in [-0.25, -0.2) is 5.48 Å². The van der Waals surface area contributed by atoms with Gasteiger partial charge in [0.1, 0.15) is 13.2 Å². The molecule has 2 rings (SSSR count). The predicted molar refractivity (Wildman–Crippen MR) is 63.1 cm³/mol. The summed E-state index contributed by atoms with van der Waals surface area (Å²) in [6.07, 6.45) is 0.835. The van der Waals surface area contributed by atoms with Crippen molar-refractivity contribution in [2.75, 3.05) is 13.2 Å². The van der Waals surface area contributed by atoms with Crippen LogP contribution in [0.5, 0.6) is 11.5 Å². The summed E-state index contributed by atoms with van der Waals surface area (Å²) in [5, 5.41) is 8.83. The summed E-state index contributed by atoms with van der Waals surface area (Å²) in [7, 11) is 0. The Hall–Kier alpha value is -0.780. The molecule has 0 aromatic heterocycles. The number of ether oxygens (including phenoxy) is 2. The molecular formula is C11H14BrNO3. The highest BCUT2D eigenvalue weighted by Gasteiger charge is 2.20. The van der Waals surface area contributed by atoms with E-state index in [9.17, 15) is 0 Å². The molecule has 1 aliphatic rings. The quantitative estimate of drug-likeness (QED) is 0.838. The van der Waals surface area contributed by atoms with Crippen LogP contribution in [-0.2, 0) is 13.0 Å². The van der Waals surface area contributed by atoms with E-state index in [-0.39, 0.29) is 0 Å². The summed E-state index contributed by atoms with van der Waals surface area (Å²) in [5.41, 5.74) is 4.26. The van der Waals surface area contributed by atoms with Gasteiger partial charge < -0.3 is 14.7 Å². The fraction of sp³-hybridized carbons (Fsp3) is 0.455. The van der Waals surface area contributed by atoms with Crippen LogP contribution in [0.4, 0.5) is 0 Å². The highest BCUT2D eigenvalue weighted by molar-refractivity contribution is 9.10. The van der Waals surface area contributed by atoms with E-state index in [1.54, 1.807) is 0 Å². The summed E-state index contributed by atoms with van der Waals surface area (Å²) in [6, 6.07) is 1.89. The van der Waals surface area contributed by atoms with Crippen LogP contribution in [-0.4, -0.2) is 18.4 Å². The van der Waals surface area contributed by atoms with Gasteiger partial charge in [-0.15, -0.1) is 0 Å². The number of fused-ring (bicyclic) bond motifs is 1. The second-order valence-electron chi connectivity index (χ2n) is 3.53. The maximum Gasteiger partial charge on any atom is 0.164 e. The first kappa shape index (κ1) is 11.7. The Kier molecular flexibility index (Phi) is 3.68. The standard InChI is InChI=1S/C11H14BrNO3/c1-2-7-8(6-13-14)9(12)5-10-11(7)16-4-3-15-10/h5,13-14H,2-4,6H2,1H3. The van der Waals surface area contributed by atoms with Crippen LogP contribution < -0.4 is 15.0 Å². The number of nitrogens with one attached hydrogen (secondary N) is 1. The van der Waals surface area contributed by atoms with Crippen molar-refractivity contribution in [1.29, 1.82) is 0 Å². The number of benzene rings is 1. The molecule has 0 unspecified atom stereocenters. The molecular weight excluding hydrogens is 274 g/mol. The van der Waals surface area contributed by atoms with E-state index in [4.69, 9.17) is 14.7 Å². The average molecular weight is 288 g/mol. The Bertz CT molecular complexity index is 395. The molecule has 1 aromatic carbocycles. The Morgan fingerprint density at radius 3 is 2.81 bits per heavy atom. The van der Waals surface area contributed by atoms with E-state index >= 15 is 0 Å². The summed E-state index contributed by atoms with van der Waals surface area (Å²) in [4.78, 5) is 0. The molecule has 4 nitrogen and oxygen atoms in total. The van der Waals surface area contributed by atoms with E-state index in [1.807, 2.05) is 6.07 Å². The van der Waals surface area contributed by atoms with Gasteiger partial charge in [-0.1, -0.05) is 22.9 Å². The topological polar surface area (TPSA) is 50.7 Å². The Morgan fingerprint density at radius 1 is 1.38 bits per heavy atom. The fourth-order valence-corrected chi connectivity index (χ4v) is 2.49. The van der Waals surface area contributed by atoms with Crippen molar-refractivity contribution in [3.8, 4) is 11.5 Å². The molecule has 0 saturated heterocycles. The van der Waals surface area contributed by atoms with Gasteiger partial charge in [0.2, 0.25) is 0 Å². The third-order valence-corrected chi connectivity index (χ3v) is 3.31. The highest BCUT2D eigenvalue weighted by Crippen LogP contribution is 2.40. The number of halogens is 1. The van der Waals surface area contributed by atoms with Crippen LogP contribution in [0.1, 0.15) is 18.1 Å². The number of hydrogen-bond donors (Lipinski definition) is 2. The smallest absolute Gasteiger partial charge is 0.164 e. The second-order valence-corrected chi connectivity index (χ2v) is 4.38. The molecule has 0 bridgehead atoms. The SMILES string of the molecule is CCc1c(CNO)c(Br)cc2c1OCCO2. The predicted octanol–water partition coefficient (Wildman–Crippen LogP) is 2.26. The van der Waals surface area contributed by atoms with Crippen molar-refractivity contribution in [2.24, 2.45) is 0 Å². The van der Waals surface area contributed by atoms with Gasteiger partial charge in [0, 0.05) is 16.6 Å². The molecule has 1 aliphatic heterocycles. The zero-order valence-corrected chi connectivity index (χ0v) is 10.6. The van der Waals surface area contributed by atoms with Crippen molar-refractivity contribution in [2.45, 2.75) is 19.9 Å². The maximum absolute atomic E-state index is 8.83. The summed E-state index contributed by atoms with van der Waals surface area (Å²) in [5.74, 6) is 1.58. The van der Waals surface area contributed by atoms with Crippen molar-refractivity contribution < 1.29 is 14.7 Å². The lowest BCUT2D eigenvalue weighted by atomic mass is 10.0. The van der Waals surface area contributed by atoms with Crippen LogP contribution in [0.15, 0.2) is 10.5 Å². The fourth-order valence-electron chi connectivity index (χ4n) is 1.90. The molecule has 1 heterocycles. The number of hydroxylamine groups is 1. The van der Waals surface area contributed by atoms with Gasteiger partial charge >= 0.3 is 0 Å². The van der Waals surface area contributed by atoms with Crippen LogP contribution >= 0.6 is 15.9 Å². The highest BCUT2D eigenvalue weighted by atomic mass is 79.9. The third-order valence-electron chi connectivity index (χ3n) is 2.60. The minimum Gasteiger partial charge on any atom is -0.486 e. The second kappa shape index (κ2) is 5.03. The normalized spacial score (nSPS) is 13.9. The van der Waals surface area contributed by atoms with Gasteiger partial charge in [0.25, 0.3) is 0 Å².